The van der Waals surface area contributed by atoms with E-state index in [-0.39, 0.29) is 17.5 Å². The summed E-state index contributed by atoms with van der Waals surface area (Å²) in [5.41, 5.74) is 1.34. The molecule has 1 aliphatic heterocycles. The maximum Gasteiger partial charge on any atom is 0.321 e. The third-order valence-corrected chi connectivity index (χ3v) is 6.42. The van der Waals surface area contributed by atoms with Gasteiger partial charge in [-0.25, -0.2) is 13.1 Å². The second-order valence-corrected chi connectivity index (χ2v) is 8.73. The number of hydrogen-bond donors (Lipinski definition) is 1. The standard InChI is InChI=1S/C19H27N5O4S/c1-13-11-16(14(2)10-15(13)27-3)29(25,26)20-12-17-21-18(23-19(22-17)28-4)24-8-6-5-7-9-24/h10-11,20H,5-9,12H2,1-4H3. The van der Waals surface area contributed by atoms with Crippen LogP contribution in [0.15, 0.2) is 17.0 Å². The van der Waals surface area contributed by atoms with E-state index in [0.717, 1.165) is 31.5 Å². The molecule has 29 heavy (non-hydrogen) atoms. The monoisotopic (exact) mass is 421 g/mol. The van der Waals surface area contributed by atoms with Crippen LogP contribution in [0.1, 0.15) is 36.2 Å². The van der Waals surface area contributed by atoms with Crippen molar-refractivity contribution < 1.29 is 17.9 Å². The Labute approximate surface area is 171 Å². The molecule has 10 heteroatoms. The van der Waals surface area contributed by atoms with Gasteiger partial charge in [-0.1, -0.05) is 0 Å². The van der Waals surface area contributed by atoms with Gasteiger partial charge in [0.25, 0.3) is 0 Å². The van der Waals surface area contributed by atoms with E-state index >= 15 is 0 Å². The summed E-state index contributed by atoms with van der Waals surface area (Å²) >= 11 is 0. The number of ether oxygens (including phenoxy) is 2. The smallest absolute Gasteiger partial charge is 0.321 e. The van der Waals surface area contributed by atoms with Gasteiger partial charge in [-0.05, 0) is 56.4 Å². The molecule has 158 valence electrons. The van der Waals surface area contributed by atoms with Gasteiger partial charge < -0.3 is 14.4 Å². The van der Waals surface area contributed by atoms with E-state index in [0.29, 0.717) is 23.1 Å². The molecule has 0 atom stereocenters. The average Bonchev–Trinajstić information content (AvgIpc) is 2.74. The minimum absolute atomic E-state index is 0.0629. The fourth-order valence-electron chi connectivity index (χ4n) is 3.30. The molecule has 2 heterocycles. The van der Waals surface area contributed by atoms with Crippen LogP contribution >= 0.6 is 0 Å². The lowest BCUT2D eigenvalue weighted by Gasteiger charge is -2.26. The van der Waals surface area contributed by atoms with Gasteiger partial charge in [0, 0.05) is 13.1 Å². The van der Waals surface area contributed by atoms with Crippen LogP contribution in [0.3, 0.4) is 0 Å². The number of aromatic nitrogens is 3. The van der Waals surface area contributed by atoms with E-state index in [1.165, 1.54) is 13.5 Å². The zero-order valence-electron chi connectivity index (χ0n) is 17.2. The molecule has 0 saturated carbocycles. The molecule has 1 saturated heterocycles. The van der Waals surface area contributed by atoms with Crippen molar-refractivity contribution in [2.75, 3.05) is 32.2 Å². The van der Waals surface area contributed by atoms with Crippen molar-refractivity contribution in [2.24, 2.45) is 0 Å². The Balaban J connectivity index is 1.82. The van der Waals surface area contributed by atoms with Gasteiger partial charge in [-0.15, -0.1) is 0 Å². The molecule has 1 fully saturated rings. The summed E-state index contributed by atoms with van der Waals surface area (Å²) in [7, 11) is -0.718. The van der Waals surface area contributed by atoms with Crippen LogP contribution in [0.2, 0.25) is 0 Å². The predicted molar refractivity (Wildman–Crippen MR) is 109 cm³/mol. The molecule has 2 aromatic rings. The molecule has 9 nitrogen and oxygen atoms in total. The number of nitrogens with zero attached hydrogens (tertiary/aromatic N) is 4. The van der Waals surface area contributed by atoms with Crippen molar-refractivity contribution in [1.29, 1.82) is 0 Å². The molecule has 1 aromatic carbocycles. The first-order valence-electron chi connectivity index (χ1n) is 9.53. The second-order valence-electron chi connectivity index (χ2n) is 7.00. The first kappa shape index (κ1) is 21.3. The highest BCUT2D eigenvalue weighted by Crippen LogP contribution is 2.25. The highest BCUT2D eigenvalue weighted by molar-refractivity contribution is 7.89. The molecule has 0 amide bonds. The number of rotatable bonds is 7. The summed E-state index contributed by atoms with van der Waals surface area (Å²) < 4.78 is 38.7. The Bertz CT molecular complexity index is 975. The molecule has 0 radical (unpaired) electrons. The van der Waals surface area contributed by atoms with E-state index in [9.17, 15) is 8.42 Å². The zero-order chi connectivity index (χ0) is 21.0. The van der Waals surface area contributed by atoms with Crippen molar-refractivity contribution in [2.45, 2.75) is 44.6 Å². The lowest BCUT2D eigenvalue weighted by atomic mass is 10.1. The summed E-state index contributed by atoms with van der Waals surface area (Å²) in [6.07, 6.45) is 3.34. The number of nitrogens with one attached hydrogen (secondary N) is 1. The quantitative estimate of drug-likeness (QED) is 0.723. The Morgan fingerprint density at radius 3 is 2.38 bits per heavy atom. The fraction of sp³-hybridized carbons (Fsp3) is 0.526. The van der Waals surface area contributed by atoms with Crippen LogP contribution in [-0.2, 0) is 16.6 Å². The van der Waals surface area contributed by atoms with Crippen LogP contribution in [0.25, 0.3) is 0 Å². The van der Waals surface area contributed by atoms with Gasteiger partial charge in [0.1, 0.15) is 5.75 Å². The van der Waals surface area contributed by atoms with Crippen LogP contribution in [0.5, 0.6) is 11.8 Å². The Hall–Kier alpha value is -2.46. The van der Waals surface area contributed by atoms with Crippen molar-refractivity contribution in [3.63, 3.8) is 0 Å². The van der Waals surface area contributed by atoms with Gasteiger partial charge in [0.05, 0.1) is 25.7 Å². The molecular weight excluding hydrogens is 394 g/mol. The summed E-state index contributed by atoms with van der Waals surface area (Å²) in [5, 5.41) is 0. The van der Waals surface area contributed by atoms with Gasteiger partial charge in [0.2, 0.25) is 16.0 Å². The summed E-state index contributed by atoms with van der Waals surface area (Å²) in [6, 6.07) is 3.49. The molecule has 0 bridgehead atoms. The van der Waals surface area contributed by atoms with E-state index in [1.54, 1.807) is 33.1 Å². The van der Waals surface area contributed by atoms with E-state index in [1.807, 2.05) is 0 Å². The highest BCUT2D eigenvalue weighted by Gasteiger charge is 2.21. The largest absolute Gasteiger partial charge is 0.496 e. The third kappa shape index (κ3) is 4.94. The molecular formula is C19H27N5O4S. The molecule has 0 aliphatic carbocycles. The first-order valence-corrected chi connectivity index (χ1v) is 11.0. The first-order chi connectivity index (χ1) is 13.8. The van der Waals surface area contributed by atoms with E-state index in [4.69, 9.17) is 9.47 Å². The number of aryl methyl sites for hydroxylation is 2. The number of hydrogen-bond acceptors (Lipinski definition) is 8. The molecule has 3 rings (SSSR count). The maximum absolute atomic E-state index is 12.9. The highest BCUT2D eigenvalue weighted by atomic mass is 32.2. The topological polar surface area (TPSA) is 107 Å². The van der Waals surface area contributed by atoms with Crippen molar-refractivity contribution in [3.05, 3.63) is 29.1 Å². The van der Waals surface area contributed by atoms with Gasteiger partial charge >= 0.3 is 6.01 Å². The number of benzene rings is 1. The summed E-state index contributed by atoms with van der Waals surface area (Å²) in [4.78, 5) is 15.2. The minimum atomic E-state index is -3.75. The van der Waals surface area contributed by atoms with Crippen molar-refractivity contribution >= 4 is 16.0 Å². The van der Waals surface area contributed by atoms with Crippen LogP contribution in [0.4, 0.5) is 5.95 Å². The minimum Gasteiger partial charge on any atom is -0.496 e. The SMILES string of the molecule is COc1nc(CNS(=O)(=O)c2cc(C)c(OC)cc2C)nc(N2CCCCC2)n1. The lowest BCUT2D eigenvalue weighted by molar-refractivity contribution is 0.374. The molecule has 1 aromatic heterocycles. The summed E-state index contributed by atoms with van der Waals surface area (Å²) in [5.74, 6) is 1.47. The van der Waals surface area contributed by atoms with Crippen molar-refractivity contribution in [3.8, 4) is 11.8 Å². The Kier molecular flexibility index (Phi) is 6.53. The summed E-state index contributed by atoms with van der Waals surface area (Å²) in [6.45, 7) is 5.20. The van der Waals surface area contributed by atoms with E-state index < -0.39 is 10.0 Å². The maximum atomic E-state index is 12.9. The number of sulfonamides is 1. The predicted octanol–water partition coefficient (Wildman–Crippen LogP) is 1.97. The average molecular weight is 422 g/mol. The van der Waals surface area contributed by atoms with Gasteiger partial charge in [0.15, 0.2) is 5.82 Å². The Morgan fingerprint density at radius 1 is 1.00 bits per heavy atom. The number of piperidine rings is 1. The van der Waals surface area contributed by atoms with Gasteiger partial charge in [-0.3, -0.25) is 0 Å². The fourth-order valence-corrected chi connectivity index (χ4v) is 4.59. The third-order valence-electron chi connectivity index (χ3n) is 4.87. The van der Waals surface area contributed by atoms with Crippen LogP contribution in [0, 0.1) is 13.8 Å². The van der Waals surface area contributed by atoms with Crippen LogP contribution < -0.4 is 19.1 Å². The second kappa shape index (κ2) is 8.91. The normalized spacial score (nSPS) is 14.7. The number of methoxy groups -OCH3 is 2. The molecule has 1 aliphatic rings. The molecule has 1 N–H and O–H groups in total. The van der Waals surface area contributed by atoms with E-state index in [2.05, 4.69) is 24.6 Å². The van der Waals surface area contributed by atoms with Crippen LogP contribution in [-0.4, -0.2) is 50.7 Å². The molecule has 0 spiro atoms. The molecule has 0 unspecified atom stereocenters. The number of anilines is 1. The Morgan fingerprint density at radius 2 is 1.72 bits per heavy atom. The van der Waals surface area contributed by atoms with Gasteiger partial charge in [-0.2, -0.15) is 15.0 Å². The van der Waals surface area contributed by atoms with Crippen molar-refractivity contribution in [1.82, 2.24) is 19.7 Å². The zero-order valence-corrected chi connectivity index (χ0v) is 18.0. The lowest BCUT2D eigenvalue weighted by Crippen LogP contribution is -2.32.